The highest BCUT2D eigenvalue weighted by atomic mass is 19.3. The Kier molecular flexibility index (Phi) is 5.24. The second-order valence-electron chi connectivity index (χ2n) is 7.49. The summed E-state index contributed by atoms with van der Waals surface area (Å²) in [6, 6.07) is 13.7. The molecule has 2 heterocycles. The normalized spacial score (nSPS) is 17.9. The van der Waals surface area contributed by atoms with E-state index in [4.69, 9.17) is 4.74 Å². The molecule has 1 aromatic heterocycles. The van der Waals surface area contributed by atoms with Crippen molar-refractivity contribution in [1.82, 2.24) is 19.7 Å². The first kappa shape index (κ1) is 20.0. The number of halogens is 2. The summed E-state index contributed by atoms with van der Waals surface area (Å²) in [6.45, 7) is 1.55. The third kappa shape index (κ3) is 3.90. The number of likely N-dealkylation sites (tertiary alicyclic amines) is 1. The minimum absolute atomic E-state index is 0.357. The minimum atomic E-state index is -3.00. The first-order valence-corrected chi connectivity index (χ1v) is 9.63. The van der Waals surface area contributed by atoms with Gasteiger partial charge in [0.05, 0.1) is 26.2 Å². The fraction of sp³-hybridized carbons (Fsp3) is 0.318. The number of alkyl halides is 2. The van der Waals surface area contributed by atoms with Gasteiger partial charge in [-0.15, -0.1) is 10.2 Å². The standard InChI is InChI=1S/C22H22F2N4O2/c1-15-10-17(30-2)8-9-18(15)21(29)28-13-22(23,24)11-19(28)20-26-25-14-27(20)12-16-6-4-3-5-7-16/h3-10,14,19H,11-13H2,1-2H3/t19-/m0/s1. The molecule has 1 aliphatic rings. The smallest absolute Gasteiger partial charge is 0.267 e. The van der Waals surface area contributed by atoms with Gasteiger partial charge >= 0.3 is 0 Å². The maximum Gasteiger partial charge on any atom is 0.267 e. The third-order valence-corrected chi connectivity index (χ3v) is 5.33. The van der Waals surface area contributed by atoms with Crippen molar-refractivity contribution in [1.29, 1.82) is 0 Å². The molecule has 0 saturated carbocycles. The second-order valence-corrected chi connectivity index (χ2v) is 7.49. The number of hydrogen-bond acceptors (Lipinski definition) is 4. The summed E-state index contributed by atoms with van der Waals surface area (Å²) in [6.07, 6.45) is 1.03. The molecule has 0 bridgehead atoms. The Balaban J connectivity index is 1.66. The predicted molar refractivity (Wildman–Crippen MR) is 107 cm³/mol. The van der Waals surface area contributed by atoms with Crippen molar-refractivity contribution < 1.29 is 18.3 Å². The van der Waals surface area contributed by atoms with Crippen LogP contribution in [0.3, 0.4) is 0 Å². The monoisotopic (exact) mass is 412 g/mol. The molecule has 8 heteroatoms. The van der Waals surface area contributed by atoms with E-state index in [1.165, 1.54) is 18.3 Å². The third-order valence-electron chi connectivity index (χ3n) is 5.33. The lowest BCUT2D eigenvalue weighted by molar-refractivity contribution is 0.0117. The van der Waals surface area contributed by atoms with Gasteiger partial charge in [0.2, 0.25) is 0 Å². The molecule has 0 spiro atoms. The fourth-order valence-electron chi connectivity index (χ4n) is 3.84. The van der Waals surface area contributed by atoms with Crippen LogP contribution in [0.2, 0.25) is 0 Å². The van der Waals surface area contributed by atoms with Crippen LogP contribution in [0.5, 0.6) is 5.75 Å². The lowest BCUT2D eigenvalue weighted by Gasteiger charge is -2.24. The van der Waals surface area contributed by atoms with E-state index in [1.54, 1.807) is 29.7 Å². The van der Waals surface area contributed by atoms with Crippen molar-refractivity contribution in [3.8, 4) is 5.75 Å². The van der Waals surface area contributed by atoms with Gasteiger partial charge in [0, 0.05) is 12.0 Å². The highest BCUT2D eigenvalue weighted by molar-refractivity contribution is 5.96. The number of rotatable bonds is 5. The van der Waals surface area contributed by atoms with E-state index in [2.05, 4.69) is 10.2 Å². The molecule has 4 rings (SSSR count). The topological polar surface area (TPSA) is 60.2 Å². The summed E-state index contributed by atoms with van der Waals surface area (Å²) in [4.78, 5) is 14.4. The molecule has 0 radical (unpaired) electrons. The first-order valence-electron chi connectivity index (χ1n) is 9.63. The molecule has 1 amide bonds. The Hall–Kier alpha value is -3.29. The summed E-state index contributed by atoms with van der Waals surface area (Å²) in [7, 11) is 1.53. The van der Waals surface area contributed by atoms with Gasteiger partial charge in [-0.3, -0.25) is 4.79 Å². The van der Waals surface area contributed by atoms with Crippen molar-refractivity contribution in [3.05, 3.63) is 77.4 Å². The number of methoxy groups -OCH3 is 1. The van der Waals surface area contributed by atoms with Crippen molar-refractivity contribution in [2.24, 2.45) is 0 Å². The van der Waals surface area contributed by atoms with Gasteiger partial charge in [0.1, 0.15) is 12.1 Å². The van der Waals surface area contributed by atoms with Crippen molar-refractivity contribution >= 4 is 5.91 Å². The summed E-state index contributed by atoms with van der Waals surface area (Å²) in [5.41, 5.74) is 2.03. The quantitative estimate of drug-likeness (QED) is 0.638. The number of benzene rings is 2. The molecule has 0 aliphatic carbocycles. The Morgan fingerprint density at radius 3 is 2.70 bits per heavy atom. The van der Waals surface area contributed by atoms with Gasteiger partial charge < -0.3 is 14.2 Å². The number of carbonyl (C=O) groups is 1. The van der Waals surface area contributed by atoms with Crippen LogP contribution in [0.25, 0.3) is 0 Å². The molecule has 3 aromatic rings. The first-order chi connectivity index (χ1) is 14.4. The second kappa shape index (κ2) is 7.85. The van der Waals surface area contributed by atoms with E-state index in [9.17, 15) is 13.6 Å². The van der Waals surface area contributed by atoms with Crippen LogP contribution in [0.1, 0.15) is 39.8 Å². The van der Waals surface area contributed by atoms with Gasteiger partial charge in [0.15, 0.2) is 5.82 Å². The zero-order valence-electron chi connectivity index (χ0n) is 16.8. The van der Waals surface area contributed by atoms with Gasteiger partial charge in [-0.25, -0.2) is 8.78 Å². The highest BCUT2D eigenvalue weighted by Gasteiger charge is 2.49. The van der Waals surface area contributed by atoms with E-state index in [0.29, 0.717) is 29.2 Å². The van der Waals surface area contributed by atoms with Crippen molar-refractivity contribution in [2.45, 2.75) is 31.9 Å². The lowest BCUT2D eigenvalue weighted by atomic mass is 10.1. The number of hydrogen-bond donors (Lipinski definition) is 0. The van der Waals surface area contributed by atoms with Crippen molar-refractivity contribution in [2.75, 3.05) is 13.7 Å². The zero-order valence-corrected chi connectivity index (χ0v) is 16.8. The highest BCUT2D eigenvalue weighted by Crippen LogP contribution is 2.41. The van der Waals surface area contributed by atoms with Gasteiger partial charge in [0.25, 0.3) is 11.8 Å². The van der Waals surface area contributed by atoms with Crippen LogP contribution in [0.15, 0.2) is 54.9 Å². The van der Waals surface area contributed by atoms with Crippen LogP contribution in [-0.2, 0) is 6.54 Å². The summed E-state index contributed by atoms with van der Waals surface area (Å²) < 4.78 is 35.7. The molecule has 30 heavy (non-hydrogen) atoms. The number of carbonyl (C=O) groups excluding carboxylic acids is 1. The van der Waals surface area contributed by atoms with Crippen LogP contribution in [0, 0.1) is 6.92 Å². The largest absolute Gasteiger partial charge is 0.497 e. The molecule has 0 unspecified atom stereocenters. The zero-order chi connectivity index (χ0) is 21.3. The number of aryl methyl sites for hydroxylation is 1. The van der Waals surface area contributed by atoms with Gasteiger partial charge in [-0.05, 0) is 36.2 Å². The Bertz CT molecular complexity index is 1050. The van der Waals surface area contributed by atoms with Gasteiger partial charge in [-0.1, -0.05) is 30.3 Å². The van der Waals surface area contributed by atoms with Crippen LogP contribution < -0.4 is 4.74 Å². The Labute approximate surface area is 173 Å². The number of aromatic nitrogens is 3. The van der Waals surface area contributed by atoms with Crippen LogP contribution in [-0.4, -0.2) is 45.1 Å². The Morgan fingerprint density at radius 1 is 1.23 bits per heavy atom. The summed E-state index contributed by atoms with van der Waals surface area (Å²) >= 11 is 0. The van der Waals surface area contributed by atoms with Crippen molar-refractivity contribution in [3.63, 3.8) is 0 Å². The SMILES string of the molecule is COc1ccc(C(=O)N2CC(F)(F)C[C@H]2c2nncn2Cc2ccccc2)c(C)c1. The molecular weight excluding hydrogens is 390 g/mol. The molecule has 0 N–H and O–H groups in total. The van der Waals surface area contributed by atoms with E-state index in [0.717, 1.165) is 5.56 Å². The molecular formula is C22H22F2N4O2. The van der Waals surface area contributed by atoms with E-state index < -0.39 is 30.8 Å². The molecule has 6 nitrogen and oxygen atoms in total. The molecule has 1 fully saturated rings. The number of amides is 1. The van der Waals surface area contributed by atoms with E-state index >= 15 is 0 Å². The number of nitrogens with zero attached hydrogens (tertiary/aromatic N) is 4. The molecule has 2 aromatic carbocycles. The maximum absolute atomic E-state index is 14.4. The van der Waals surface area contributed by atoms with Crippen LogP contribution in [0.4, 0.5) is 8.78 Å². The van der Waals surface area contributed by atoms with E-state index in [-0.39, 0.29) is 0 Å². The van der Waals surface area contributed by atoms with Crippen LogP contribution >= 0.6 is 0 Å². The fourth-order valence-corrected chi connectivity index (χ4v) is 3.84. The summed E-state index contributed by atoms with van der Waals surface area (Å²) in [5.74, 6) is -2.48. The molecule has 1 atom stereocenters. The average Bonchev–Trinajstić information content (AvgIpc) is 3.31. The predicted octanol–water partition coefficient (Wildman–Crippen LogP) is 3.87. The molecule has 156 valence electrons. The summed E-state index contributed by atoms with van der Waals surface area (Å²) in [5, 5.41) is 8.03. The van der Waals surface area contributed by atoms with E-state index in [1.807, 2.05) is 30.3 Å². The van der Waals surface area contributed by atoms with Gasteiger partial charge in [-0.2, -0.15) is 0 Å². The molecule has 1 aliphatic heterocycles. The average molecular weight is 412 g/mol. The maximum atomic E-state index is 14.4. The minimum Gasteiger partial charge on any atom is -0.497 e. The Morgan fingerprint density at radius 2 is 2.00 bits per heavy atom. The number of ether oxygens (including phenoxy) is 1. The molecule has 1 saturated heterocycles. The lowest BCUT2D eigenvalue weighted by Crippen LogP contribution is -2.34.